The number of aryl methyl sites for hydroxylation is 1. The number of aromatic nitrogens is 1. The molecule has 0 amide bonds. The highest BCUT2D eigenvalue weighted by Crippen LogP contribution is 2.28. The molecule has 0 atom stereocenters. The predicted octanol–water partition coefficient (Wildman–Crippen LogP) is 6.26. The van der Waals surface area contributed by atoms with Crippen LogP contribution in [0.1, 0.15) is 33.4 Å². The molecule has 2 aromatic carbocycles. The fourth-order valence-electron chi connectivity index (χ4n) is 2.16. The number of hydrogen-bond acceptors (Lipinski definition) is 1. The molecule has 0 saturated carbocycles. The van der Waals surface area contributed by atoms with Crippen molar-refractivity contribution in [2.45, 2.75) is 34.6 Å². The van der Waals surface area contributed by atoms with Crippen LogP contribution in [-0.2, 0) is 0 Å². The van der Waals surface area contributed by atoms with Crippen molar-refractivity contribution in [1.29, 1.82) is 0 Å². The smallest absolute Gasteiger partial charge is 0.0711 e. The van der Waals surface area contributed by atoms with Crippen molar-refractivity contribution < 1.29 is 0 Å². The Morgan fingerprint density at radius 1 is 0.714 bits per heavy atom. The van der Waals surface area contributed by atoms with Gasteiger partial charge in [0, 0.05) is 11.1 Å². The van der Waals surface area contributed by atoms with E-state index >= 15 is 0 Å². The monoisotopic (exact) mass is 279 g/mol. The molecule has 0 aliphatic rings. The van der Waals surface area contributed by atoms with Crippen molar-refractivity contribution in [3.05, 3.63) is 66.4 Å². The van der Waals surface area contributed by atoms with Crippen molar-refractivity contribution in [3.63, 3.8) is 0 Å². The summed E-state index contributed by atoms with van der Waals surface area (Å²) in [6.45, 7) is 10.0. The molecule has 1 heterocycles. The Morgan fingerprint density at radius 2 is 1.29 bits per heavy atom. The van der Waals surface area contributed by atoms with Crippen LogP contribution in [0.5, 0.6) is 0 Å². The van der Waals surface area contributed by atoms with Crippen LogP contribution in [0.15, 0.2) is 60.7 Å². The van der Waals surface area contributed by atoms with Gasteiger partial charge < -0.3 is 0 Å². The van der Waals surface area contributed by atoms with Crippen LogP contribution in [0.2, 0.25) is 0 Å². The van der Waals surface area contributed by atoms with Crippen molar-refractivity contribution in [3.8, 4) is 11.1 Å². The van der Waals surface area contributed by atoms with Crippen molar-refractivity contribution in [2.24, 2.45) is 0 Å². The zero-order valence-corrected chi connectivity index (χ0v) is 13.7. The summed E-state index contributed by atoms with van der Waals surface area (Å²) in [6, 6.07) is 20.9. The van der Waals surface area contributed by atoms with Gasteiger partial charge in [0.15, 0.2) is 0 Å². The first-order valence-corrected chi connectivity index (χ1v) is 7.76. The van der Waals surface area contributed by atoms with E-state index in [1.807, 2.05) is 46.8 Å². The van der Waals surface area contributed by atoms with Gasteiger partial charge in [-0.3, -0.25) is 4.98 Å². The van der Waals surface area contributed by atoms with Crippen LogP contribution in [0, 0.1) is 6.92 Å². The summed E-state index contributed by atoms with van der Waals surface area (Å²) in [4.78, 5) is 4.56. The molecule has 1 aromatic heterocycles. The summed E-state index contributed by atoms with van der Waals surface area (Å²) in [5.74, 6) is 0. The lowest BCUT2D eigenvalue weighted by Gasteiger charge is -2.07. The third-order valence-electron chi connectivity index (χ3n) is 2.93. The molecule has 3 aromatic rings. The van der Waals surface area contributed by atoms with E-state index in [-0.39, 0.29) is 0 Å². The number of rotatable bonds is 1. The van der Waals surface area contributed by atoms with Gasteiger partial charge in [0.25, 0.3) is 0 Å². The predicted molar refractivity (Wildman–Crippen MR) is 94.6 cm³/mol. The van der Waals surface area contributed by atoms with Gasteiger partial charge in [-0.15, -0.1) is 0 Å². The van der Waals surface area contributed by atoms with Crippen molar-refractivity contribution >= 4 is 10.9 Å². The molecule has 0 bridgehead atoms. The van der Waals surface area contributed by atoms with Gasteiger partial charge in [0.05, 0.1) is 5.52 Å². The lowest BCUT2D eigenvalue weighted by atomic mass is 10.0. The maximum absolute atomic E-state index is 4.56. The van der Waals surface area contributed by atoms with Crippen LogP contribution in [0.25, 0.3) is 22.0 Å². The zero-order valence-electron chi connectivity index (χ0n) is 13.7. The molecule has 0 saturated heterocycles. The highest BCUT2D eigenvalue weighted by atomic mass is 14.7. The van der Waals surface area contributed by atoms with Crippen molar-refractivity contribution in [1.82, 2.24) is 4.98 Å². The zero-order chi connectivity index (χ0) is 15.7. The average molecular weight is 279 g/mol. The summed E-state index contributed by atoms with van der Waals surface area (Å²) in [7, 11) is 0. The van der Waals surface area contributed by atoms with Gasteiger partial charge in [-0.25, -0.2) is 0 Å². The highest BCUT2D eigenvalue weighted by molar-refractivity contribution is 5.94. The van der Waals surface area contributed by atoms with E-state index in [1.165, 1.54) is 16.5 Å². The number of fused-ring (bicyclic) bond motifs is 1. The maximum atomic E-state index is 4.56. The summed E-state index contributed by atoms with van der Waals surface area (Å²) in [5.41, 5.74) is 4.62. The minimum atomic E-state index is 1.06. The topological polar surface area (TPSA) is 12.9 Å². The van der Waals surface area contributed by atoms with Gasteiger partial charge >= 0.3 is 0 Å². The SMILES string of the molecule is CC.CC.Cc1cc(-c2ccccc2)c2ccccc2n1. The number of hydrogen-bond donors (Lipinski definition) is 0. The Balaban J connectivity index is 0.000000510. The molecule has 0 fully saturated rings. The summed E-state index contributed by atoms with van der Waals surface area (Å²) in [5, 5.41) is 1.21. The highest BCUT2D eigenvalue weighted by Gasteiger charge is 2.04. The van der Waals surface area contributed by atoms with E-state index in [4.69, 9.17) is 0 Å². The normalized spacial score (nSPS) is 9.19. The Bertz CT molecular complexity index is 657. The molecular formula is C20H25N. The molecule has 0 aliphatic carbocycles. The molecule has 0 unspecified atom stereocenters. The van der Waals surface area contributed by atoms with Crippen LogP contribution < -0.4 is 0 Å². The number of para-hydroxylation sites is 1. The molecule has 0 radical (unpaired) electrons. The van der Waals surface area contributed by atoms with E-state index in [1.54, 1.807) is 0 Å². The van der Waals surface area contributed by atoms with Gasteiger partial charge in [-0.05, 0) is 30.2 Å². The van der Waals surface area contributed by atoms with Gasteiger partial charge in [-0.2, -0.15) is 0 Å². The first-order valence-electron chi connectivity index (χ1n) is 7.76. The quantitative estimate of drug-likeness (QED) is 0.512. The second-order valence-corrected chi connectivity index (χ2v) is 4.19. The largest absolute Gasteiger partial charge is 0.253 e. The molecule has 1 nitrogen and oxygen atoms in total. The lowest BCUT2D eigenvalue weighted by Crippen LogP contribution is -1.87. The van der Waals surface area contributed by atoms with E-state index < -0.39 is 0 Å². The summed E-state index contributed by atoms with van der Waals surface area (Å²) >= 11 is 0. The van der Waals surface area contributed by atoms with Crippen LogP contribution in [-0.4, -0.2) is 4.98 Å². The molecule has 3 rings (SSSR count). The third-order valence-corrected chi connectivity index (χ3v) is 2.93. The van der Waals surface area contributed by atoms with Crippen LogP contribution >= 0.6 is 0 Å². The molecule has 0 spiro atoms. The average Bonchev–Trinajstić information content (AvgIpc) is 2.58. The van der Waals surface area contributed by atoms with Crippen LogP contribution in [0.4, 0.5) is 0 Å². The minimum Gasteiger partial charge on any atom is -0.253 e. The molecule has 0 N–H and O–H groups in total. The standard InChI is InChI=1S/C16H13N.2C2H6/c1-12-11-15(13-7-3-2-4-8-13)14-9-5-6-10-16(14)17-12;2*1-2/h2-11H,1H3;2*1-2H3. The molecule has 21 heavy (non-hydrogen) atoms. The fourth-order valence-corrected chi connectivity index (χ4v) is 2.16. The van der Waals surface area contributed by atoms with Gasteiger partial charge in [0.1, 0.15) is 0 Å². The minimum absolute atomic E-state index is 1.06. The number of pyridine rings is 1. The number of benzene rings is 2. The second kappa shape index (κ2) is 8.91. The number of nitrogens with zero attached hydrogens (tertiary/aromatic N) is 1. The Labute approximate surface area is 128 Å². The first kappa shape index (κ1) is 16.9. The molecule has 1 heteroatoms. The fraction of sp³-hybridized carbons (Fsp3) is 0.250. The molecule has 110 valence electrons. The van der Waals surface area contributed by atoms with E-state index in [0.717, 1.165) is 11.2 Å². The van der Waals surface area contributed by atoms with E-state index in [9.17, 15) is 0 Å². The first-order chi connectivity index (χ1) is 10.3. The van der Waals surface area contributed by atoms with E-state index in [0.29, 0.717) is 0 Å². The second-order valence-electron chi connectivity index (χ2n) is 4.19. The lowest BCUT2D eigenvalue weighted by molar-refractivity contribution is 1.26. The van der Waals surface area contributed by atoms with Crippen LogP contribution in [0.3, 0.4) is 0 Å². The van der Waals surface area contributed by atoms with Crippen molar-refractivity contribution in [2.75, 3.05) is 0 Å². The third kappa shape index (κ3) is 4.16. The van der Waals surface area contributed by atoms with Gasteiger partial charge in [-0.1, -0.05) is 76.2 Å². The Kier molecular flexibility index (Phi) is 7.17. The summed E-state index contributed by atoms with van der Waals surface area (Å²) in [6.07, 6.45) is 0. The maximum Gasteiger partial charge on any atom is 0.0711 e. The van der Waals surface area contributed by atoms with E-state index in [2.05, 4.69) is 53.5 Å². The Morgan fingerprint density at radius 3 is 1.95 bits per heavy atom. The molecule has 0 aliphatic heterocycles. The summed E-state index contributed by atoms with van der Waals surface area (Å²) < 4.78 is 0. The molecular weight excluding hydrogens is 254 g/mol. The Hall–Kier alpha value is -2.15. The van der Waals surface area contributed by atoms with Gasteiger partial charge in [0.2, 0.25) is 0 Å².